The number of carbonyl (C=O) groups excluding carboxylic acids is 2. The zero-order chi connectivity index (χ0) is 21.3. The van der Waals surface area contributed by atoms with Gasteiger partial charge in [-0.3, -0.25) is 9.59 Å². The molecule has 2 amide bonds. The molecule has 1 saturated heterocycles. The van der Waals surface area contributed by atoms with Crippen molar-refractivity contribution in [1.29, 1.82) is 0 Å². The standard InChI is InChI=1S/C21H19F2N5O2/c1-14-19(25-28(24-14)16-5-3-2-4-6-16)21(30)27-11-9-26(10-12-27)20(29)15-7-8-17(22)18(23)13-15/h2-8,13H,9-12H2,1H3. The van der Waals surface area contributed by atoms with Gasteiger partial charge >= 0.3 is 0 Å². The van der Waals surface area contributed by atoms with Gasteiger partial charge in [-0.25, -0.2) is 8.78 Å². The molecule has 1 aliphatic rings. The van der Waals surface area contributed by atoms with Gasteiger partial charge in [-0.05, 0) is 37.3 Å². The first-order valence-electron chi connectivity index (χ1n) is 9.47. The van der Waals surface area contributed by atoms with E-state index >= 15 is 0 Å². The second-order valence-electron chi connectivity index (χ2n) is 6.97. The van der Waals surface area contributed by atoms with Crippen LogP contribution in [0.5, 0.6) is 0 Å². The Kier molecular flexibility index (Phi) is 5.26. The molecule has 0 bridgehead atoms. The van der Waals surface area contributed by atoms with Gasteiger partial charge in [-0.2, -0.15) is 9.90 Å². The van der Waals surface area contributed by atoms with Crippen molar-refractivity contribution >= 4 is 11.8 Å². The second kappa shape index (κ2) is 8.02. The molecule has 0 N–H and O–H groups in total. The fourth-order valence-corrected chi connectivity index (χ4v) is 3.33. The molecule has 0 atom stereocenters. The molecule has 30 heavy (non-hydrogen) atoms. The number of carbonyl (C=O) groups is 2. The molecule has 2 heterocycles. The van der Waals surface area contributed by atoms with Crippen molar-refractivity contribution in [2.45, 2.75) is 6.92 Å². The van der Waals surface area contributed by atoms with E-state index in [4.69, 9.17) is 0 Å². The maximum absolute atomic E-state index is 13.4. The summed E-state index contributed by atoms with van der Waals surface area (Å²) in [6.45, 7) is 2.92. The van der Waals surface area contributed by atoms with E-state index < -0.39 is 17.5 Å². The lowest BCUT2D eigenvalue weighted by molar-refractivity contribution is 0.0531. The smallest absolute Gasteiger partial charge is 0.276 e. The van der Waals surface area contributed by atoms with Crippen LogP contribution in [0, 0.1) is 18.6 Å². The Labute approximate surface area is 171 Å². The molecule has 0 radical (unpaired) electrons. The first-order valence-corrected chi connectivity index (χ1v) is 9.47. The van der Waals surface area contributed by atoms with Gasteiger partial charge in [0.25, 0.3) is 11.8 Å². The van der Waals surface area contributed by atoms with Crippen LogP contribution in [0.2, 0.25) is 0 Å². The van der Waals surface area contributed by atoms with Gasteiger partial charge in [0.2, 0.25) is 0 Å². The van der Waals surface area contributed by atoms with Crippen molar-refractivity contribution < 1.29 is 18.4 Å². The maximum atomic E-state index is 13.4. The number of benzene rings is 2. The average molecular weight is 411 g/mol. The van der Waals surface area contributed by atoms with Gasteiger partial charge in [-0.1, -0.05) is 18.2 Å². The molecule has 154 valence electrons. The molecule has 0 aliphatic carbocycles. The van der Waals surface area contributed by atoms with Crippen molar-refractivity contribution in [3.8, 4) is 5.69 Å². The summed E-state index contributed by atoms with van der Waals surface area (Å²) in [5, 5.41) is 8.65. The highest BCUT2D eigenvalue weighted by Gasteiger charge is 2.28. The molecule has 0 unspecified atom stereocenters. The third kappa shape index (κ3) is 3.78. The van der Waals surface area contributed by atoms with Crippen LogP contribution >= 0.6 is 0 Å². The van der Waals surface area contributed by atoms with E-state index in [0.29, 0.717) is 18.8 Å². The van der Waals surface area contributed by atoms with E-state index in [2.05, 4.69) is 10.2 Å². The average Bonchev–Trinajstić information content (AvgIpc) is 3.17. The van der Waals surface area contributed by atoms with Crippen molar-refractivity contribution in [1.82, 2.24) is 24.8 Å². The molecular weight excluding hydrogens is 392 g/mol. The molecule has 7 nitrogen and oxygen atoms in total. The molecule has 1 fully saturated rings. The Morgan fingerprint density at radius 3 is 2.10 bits per heavy atom. The SMILES string of the molecule is Cc1nn(-c2ccccc2)nc1C(=O)N1CCN(C(=O)c2ccc(F)c(F)c2)CC1. The number of amides is 2. The number of aromatic nitrogens is 3. The van der Waals surface area contributed by atoms with Gasteiger partial charge in [0, 0.05) is 31.7 Å². The van der Waals surface area contributed by atoms with E-state index in [9.17, 15) is 18.4 Å². The molecule has 0 spiro atoms. The summed E-state index contributed by atoms with van der Waals surface area (Å²) in [7, 11) is 0. The first kappa shape index (κ1) is 19.7. The minimum Gasteiger partial charge on any atom is -0.335 e. The highest BCUT2D eigenvalue weighted by molar-refractivity contribution is 5.95. The highest BCUT2D eigenvalue weighted by atomic mass is 19.2. The summed E-state index contributed by atoms with van der Waals surface area (Å²) in [6, 6.07) is 12.4. The van der Waals surface area contributed by atoms with E-state index in [1.807, 2.05) is 30.3 Å². The van der Waals surface area contributed by atoms with Gasteiger partial charge in [0.15, 0.2) is 17.3 Å². The number of nitrogens with zero attached hydrogens (tertiary/aromatic N) is 5. The summed E-state index contributed by atoms with van der Waals surface area (Å²) in [6.07, 6.45) is 0. The van der Waals surface area contributed by atoms with Crippen LogP contribution in [0.3, 0.4) is 0 Å². The van der Waals surface area contributed by atoms with Gasteiger partial charge < -0.3 is 9.80 Å². The van der Waals surface area contributed by atoms with E-state index in [-0.39, 0.29) is 30.3 Å². The number of hydrogen-bond acceptors (Lipinski definition) is 4. The number of halogens is 2. The number of hydrogen-bond donors (Lipinski definition) is 0. The lowest BCUT2D eigenvalue weighted by atomic mass is 10.1. The molecule has 4 rings (SSSR count). The number of piperazine rings is 1. The van der Waals surface area contributed by atoms with Crippen LogP contribution in [0.15, 0.2) is 48.5 Å². The van der Waals surface area contributed by atoms with E-state index in [1.54, 1.807) is 11.8 Å². The zero-order valence-electron chi connectivity index (χ0n) is 16.3. The van der Waals surface area contributed by atoms with Crippen LogP contribution in [0.25, 0.3) is 5.69 Å². The Bertz CT molecular complexity index is 1090. The molecule has 9 heteroatoms. The van der Waals surface area contributed by atoms with Crippen LogP contribution < -0.4 is 0 Å². The normalized spacial score (nSPS) is 14.1. The largest absolute Gasteiger partial charge is 0.335 e. The maximum Gasteiger partial charge on any atom is 0.276 e. The van der Waals surface area contributed by atoms with Crippen LogP contribution in [-0.2, 0) is 0 Å². The summed E-state index contributed by atoms with van der Waals surface area (Å²) in [5.41, 5.74) is 1.61. The molecule has 0 saturated carbocycles. The fraction of sp³-hybridized carbons (Fsp3) is 0.238. The molecule has 1 aliphatic heterocycles. The predicted molar refractivity (Wildman–Crippen MR) is 104 cm³/mol. The lowest BCUT2D eigenvalue weighted by Gasteiger charge is -2.34. The van der Waals surface area contributed by atoms with Gasteiger partial charge in [0.1, 0.15) is 0 Å². The summed E-state index contributed by atoms with van der Waals surface area (Å²) < 4.78 is 26.5. The highest BCUT2D eigenvalue weighted by Crippen LogP contribution is 2.15. The van der Waals surface area contributed by atoms with E-state index in [0.717, 1.165) is 17.8 Å². The van der Waals surface area contributed by atoms with Crippen LogP contribution in [-0.4, -0.2) is 62.8 Å². The molecular formula is C21H19F2N5O2. The fourth-order valence-electron chi connectivity index (χ4n) is 3.33. The van der Waals surface area contributed by atoms with Crippen molar-refractivity contribution in [2.75, 3.05) is 26.2 Å². The Balaban J connectivity index is 1.43. The van der Waals surface area contributed by atoms with Crippen LogP contribution in [0.1, 0.15) is 26.5 Å². The van der Waals surface area contributed by atoms with Gasteiger partial charge in [-0.15, -0.1) is 5.10 Å². The lowest BCUT2D eigenvalue weighted by Crippen LogP contribution is -2.50. The Morgan fingerprint density at radius 1 is 0.833 bits per heavy atom. The first-order chi connectivity index (χ1) is 14.4. The molecule has 3 aromatic rings. The van der Waals surface area contributed by atoms with E-state index in [1.165, 1.54) is 15.8 Å². The topological polar surface area (TPSA) is 71.3 Å². The third-order valence-corrected chi connectivity index (χ3v) is 4.99. The van der Waals surface area contributed by atoms with Gasteiger partial charge in [0.05, 0.1) is 11.4 Å². The van der Waals surface area contributed by atoms with Crippen LogP contribution in [0.4, 0.5) is 8.78 Å². The van der Waals surface area contributed by atoms with Crippen molar-refractivity contribution in [2.24, 2.45) is 0 Å². The van der Waals surface area contributed by atoms with Crippen molar-refractivity contribution in [3.05, 3.63) is 77.1 Å². The number of para-hydroxylation sites is 1. The quantitative estimate of drug-likeness (QED) is 0.664. The number of rotatable bonds is 3. The minimum absolute atomic E-state index is 0.0790. The molecule has 2 aromatic carbocycles. The summed E-state index contributed by atoms with van der Waals surface area (Å²) in [4.78, 5) is 30.0. The predicted octanol–water partition coefficient (Wildman–Crippen LogP) is 2.45. The summed E-state index contributed by atoms with van der Waals surface area (Å²) in [5.74, 6) is -2.71. The second-order valence-corrected chi connectivity index (χ2v) is 6.97. The Morgan fingerprint density at radius 2 is 1.47 bits per heavy atom. The summed E-state index contributed by atoms with van der Waals surface area (Å²) >= 11 is 0. The zero-order valence-corrected chi connectivity index (χ0v) is 16.3. The Hall–Kier alpha value is -3.62. The molecule has 1 aromatic heterocycles. The monoisotopic (exact) mass is 411 g/mol. The van der Waals surface area contributed by atoms with Crippen molar-refractivity contribution in [3.63, 3.8) is 0 Å². The number of aryl methyl sites for hydroxylation is 1. The minimum atomic E-state index is -1.06. The third-order valence-electron chi connectivity index (χ3n) is 4.99.